The van der Waals surface area contributed by atoms with Crippen molar-refractivity contribution in [3.8, 4) is 5.75 Å². The third-order valence-electron chi connectivity index (χ3n) is 2.28. The molecule has 1 aromatic carbocycles. The smallest absolute Gasteiger partial charge is 0.409 e. The first-order chi connectivity index (χ1) is 10.1. The fraction of sp³-hybridized carbons (Fsp3) is 0.182. The molecule has 0 N–H and O–H groups in total. The van der Waals surface area contributed by atoms with Crippen molar-refractivity contribution in [2.75, 3.05) is 0 Å². The molecule has 0 aromatic heterocycles. The minimum Gasteiger partial charge on any atom is -0.409 e. The number of alkyl halides is 3. The molecule has 0 spiro atoms. The summed E-state index contributed by atoms with van der Waals surface area (Å²) in [7, 11) is 0. The van der Waals surface area contributed by atoms with Crippen LogP contribution in [0.2, 0.25) is 0 Å². The molecule has 118 valence electrons. The summed E-state index contributed by atoms with van der Waals surface area (Å²) in [4.78, 5) is 30.3. The Morgan fingerprint density at radius 2 is 1.64 bits per heavy atom. The zero-order valence-corrected chi connectivity index (χ0v) is 10.8. The number of carbonyl (C=O) groups excluding carboxylic acids is 1. The normalized spacial score (nSPS) is 11.5. The second kappa shape index (κ2) is 6.20. The van der Waals surface area contributed by atoms with Crippen LogP contribution in [0.25, 0.3) is 0 Å². The molecule has 0 bridgehead atoms. The zero-order chi connectivity index (χ0) is 17.1. The van der Waals surface area contributed by atoms with Gasteiger partial charge in [-0.1, -0.05) is 6.08 Å². The number of esters is 1. The van der Waals surface area contributed by atoms with Crippen molar-refractivity contribution in [3.63, 3.8) is 0 Å². The maximum Gasteiger partial charge on any atom is 0.416 e. The maximum absolute atomic E-state index is 12.6. The lowest BCUT2D eigenvalue weighted by molar-refractivity contribution is -0.396. The molecular formula is C11H7F3N2O6. The number of carbonyl (C=O) groups is 1. The van der Waals surface area contributed by atoms with E-state index in [2.05, 4.69) is 4.74 Å². The third-order valence-corrected chi connectivity index (χ3v) is 2.28. The van der Waals surface area contributed by atoms with Crippen molar-refractivity contribution in [1.82, 2.24) is 0 Å². The summed E-state index contributed by atoms with van der Waals surface area (Å²) in [6.07, 6.45) is -3.06. The second-order valence-electron chi connectivity index (χ2n) is 3.78. The van der Waals surface area contributed by atoms with Gasteiger partial charge in [-0.05, 0) is 6.92 Å². The van der Waals surface area contributed by atoms with Crippen molar-refractivity contribution >= 4 is 17.3 Å². The lowest BCUT2D eigenvalue weighted by Crippen LogP contribution is -2.11. The van der Waals surface area contributed by atoms with Crippen molar-refractivity contribution < 1.29 is 32.5 Å². The number of halogens is 3. The van der Waals surface area contributed by atoms with Crippen molar-refractivity contribution in [1.29, 1.82) is 0 Å². The van der Waals surface area contributed by atoms with E-state index in [0.717, 1.165) is 6.08 Å². The fourth-order valence-corrected chi connectivity index (χ4v) is 1.41. The van der Waals surface area contributed by atoms with Gasteiger partial charge in [0.15, 0.2) is 0 Å². The molecule has 22 heavy (non-hydrogen) atoms. The summed E-state index contributed by atoms with van der Waals surface area (Å²) < 4.78 is 42.3. The SMILES string of the molecule is CC=CC(=O)Oc1c([N+](=O)[O-])cc(C(F)(F)F)cc1[N+](=O)[O-]. The van der Waals surface area contributed by atoms with Crippen LogP contribution in [0.5, 0.6) is 5.75 Å². The number of benzene rings is 1. The first kappa shape index (κ1) is 17.1. The van der Waals surface area contributed by atoms with Crippen LogP contribution in [0.1, 0.15) is 12.5 Å². The first-order valence-corrected chi connectivity index (χ1v) is 5.46. The summed E-state index contributed by atoms with van der Waals surface area (Å²) >= 11 is 0. The van der Waals surface area contributed by atoms with Gasteiger partial charge in [-0.3, -0.25) is 20.2 Å². The van der Waals surface area contributed by atoms with E-state index < -0.39 is 44.7 Å². The highest BCUT2D eigenvalue weighted by atomic mass is 19.4. The Kier molecular flexibility index (Phi) is 4.81. The molecule has 0 amide bonds. The Balaban J connectivity index is 3.61. The van der Waals surface area contributed by atoms with Gasteiger partial charge in [0.25, 0.3) is 5.75 Å². The number of allylic oxidation sites excluding steroid dienone is 1. The molecule has 0 fully saturated rings. The molecule has 0 saturated heterocycles. The second-order valence-corrected chi connectivity index (χ2v) is 3.78. The zero-order valence-electron chi connectivity index (χ0n) is 10.8. The van der Waals surface area contributed by atoms with E-state index in [9.17, 15) is 38.2 Å². The third kappa shape index (κ3) is 3.77. The van der Waals surface area contributed by atoms with E-state index in [-0.39, 0.29) is 12.1 Å². The van der Waals surface area contributed by atoms with Gasteiger partial charge in [0.2, 0.25) is 0 Å². The van der Waals surface area contributed by atoms with E-state index in [1.54, 1.807) is 0 Å². The number of hydrogen-bond donors (Lipinski definition) is 0. The quantitative estimate of drug-likeness (QED) is 0.277. The number of nitro groups is 2. The highest BCUT2D eigenvalue weighted by Gasteiger charge is 2.38. The summed E-state index contributed by atoms with van der Waals surface area (Å²) in [6.45, 7) is 1.40. The summed E-state index contributed by atoms with van der Waals surface area (Å²) in [5.41, 5.74) is -4.27. The monoisotopic (exact) mass is 320 g/mol. The van der Waals surface area contributed by atoms with Gasteiger partial charge in [0, 0.05) is 18.2 Å². The van der Waals surface area contributed by atoms with Crippen LogP contribution >= 0.6 is 0 Å². The summed E-state index contributed by atoms with van der Waals surface area (Å²) in [5, 5.41) is 21.6. The Morgan fingerprint density at radius 3 is 1.95 bits per heavy atom. The van der Waals surface area contributed by atoms with E-state index in [1.807, 2.05) is 0 Å². The van der Waals surface area contributed by atoms with E-state index in [0.29, 0.717) is 0 Å². The average Bonchev–Trinajstić information content (AvgIpc) is 2.36. The Labute approximate surface area is 120 Å². The summed E-state index contributed by atoms with van der Waals surface area (Å²) in [6, 6.07) is 0.122. The lowest BCUT2D eigenvalue weighted by atomic mass is 10.1. The predicted molar refractivity (Wildman–Crippen MR) is 65.2 cm³/mol. The number of nitrogens with zero attached hydrogens (tertiary/aromatic N) is 2. The molecular weight excluding hydrogens is 313 g/mol. The average molecular weight is 320 g/mol. The van der Waals surface area contributed by atoms with Crippen LogP contribution in [0.3, 0.4) is 0 Å². The largest absolute Gasteiger partial charge is 0.416 e. The van der Waals surface area contributed by atoms with Gasteiger partial charge in [0.05, 0.1) is 15.4 Å². The Hall–Kier alpha value is -2.98. The minimum absolute atomic E-state index is 0.0608. The predicted octanol–water partition coefficient (Wildman–Crippen LogP) is 3.00. The molecule has 0 aliphatic heterocycles. The molecule has 0 heterocycles. The Morgan fingerprint density at radius 1 is 1.18 bits per heavy atom. The van der Waals surface area contributed by atoms with Crippen molar-refractivity contribution in [2.24, 2.45) is 0 Å². The summed E-state index contributed by atoms with van der Waals surface area (Å²) in [5.74, 6) is -2.36. The minimum atomic E-state index is -5.04. The van der Waals surface area contributed by atoms with Crippen LogP contribution in [0, 0.1) is 20.2 Å². The molecule has 0 radical (unpaired) electrons. The highest BCUT2D eigenvalue weighted by molar-refractivity contribution is 5.86. The topological polar surface area (TPSA) is 113 Å². The maximum atomic E-state index is 12.6. The van der Waals surface area contributed by atoms with Crippen LogP contribution in [-0.2, 0) is 11.0 Å². The molecule has 0 aliphatic rings. The Bertz CT molecular complexity index is 633. The van der Waals surface area contributed by atoms with E-state index >= 15 is 0 Å². The van der Waals surface area contributed by atoms with Crippen LogP contribution in [-0.4, -0.2) is 15.8 Å². The van der Waals surface area contributed by atoms with Gasteiger partial charge in [-0.25, -0.2) is 4.79 Å². The van der Waals surface area contributed by atoms with Gasteiger partial charge < -0.3 is 4.74 Å². The molecule has 0 unspecified atom stereocenters. The first-order valence-electron chi connectivity index (χ1n) is 5.46. The molecule has 1 rings (SSSR count). The fourth-order valence-electron chi connectivity index (χ4n) is 1.41. The molecule has 0 saturated carbocycles. The molecule has 0 atom stereocenters. The van der Waals surface area contributed by atoms with E-state index in [1.165, 1.54) is 13.0 Å². The number of rotatable bonds is 4. The van der Waals surface area contributed by atoms with Crippen molar-refractivity contribution in [2.45, 2.75) is 13.1 Å². The lowest BCUT2D eigenvalue weighted by Gasteiger charge is -2.09. The van der Waals surface area contributed by atoms with Gasteiger partial charge >= 0.3 is 23.5 Å². The molecule has 11 heteroatoms. The van der Waals surface area contributed by atoms with E-state index in [4.69, 9.17) is 0 Å². The van der Waals surface area contributed by atoms with Crippen LogP contribution < -0.4 is 4.74 Å². The molecule has 0 aliphatic carbocycles. The van der Waals surface area contributed by atoms with Gasteiger partial charge in [0.1, 0.15) is 0 Å². The van der Waals surface area contributed by atoms with Crippen LogP contribution in [0.4, 0.5) is 24.5 Å². The van der Waals surface area contributed by atoms with Gasteiger partial charge in [-0.15, -0.1) is 0 Å². The standard InChI is InChI=1S/C11H7F3N2O6/c1-2-3-9(17)22-10-7(15(18)19)4-6(11(12,13)14)5-8(10)16(20)21/h2-5H,1H3. The van der Waals surface area contributed by atoms with Gasteiger partial charge in [-0.2, -0.15) is 13.2 Å². The number of hydrogen-bond acceptors (Lipinski definition) is 6. The van der Waals surface area contributed by atoms with Crippen molar-refractivity contribution in [3.05, 3.63) is 50.1 Å². The highest BCUT2D eigenvalue weighted by Crippen LogP contribution is 2.42. The molecule has 8 nitrogen and oxygen atoms in total. The molecule has 1 aromatic rings. The number of nitro benzene ring substituents is 2. The number of ether oxygens (including phenoxy) is 1. The van der Waals surface area contributed by atoms with Crippen LogP contribution in [0.15, 0.2) is 24.3 Å².